The van der Waals surface area contributed by atoms with Gasteiger partial charge in [0.2, 0.25) is 0 Å². The van der Waals surface area contributed by atoms with Crippen molar-refractivity contribution in [2.75, 3.05) is 0 Å². The van der Waals surface area contributed by atoms with Crippen LogP contribution in [0.15, 0.2) is 206 Å². The zero-order valence-corrected chi connectivity index (χ0v) is 31.8. The van der Waals surface area contributed by atoms with Crippen LogP contribution in [0, 0.1) is 5.92 Å². The molecule has 4 aliphatic rings. The Morgan fingerprint density at radius 1 is 0.466 bits per heavy atom. The maximum atomic E-state index is 6.81. The molecule has 0 bridgehead atoms. The van der Waals surface area contributed by atoms with E-state index in [4.69, 9.17) is 9.47 Å². The molecule has 0 saturated carbocycles. The van der Waals surface area contributed by atoms with Gasteiger partial charge in [-0.1, -0.05) is 170 Å². The predicted octanol–water partition coefficient (Wildman–Crippen LogP) is 12.8. The van der Waals surface area contributed by atoms with E-state index in [2.05, 4.69) is 211 Å². The molecule has 0 radical (unpaired) electrons. The van der Waals surface area contributed by atoms with Crippen LogP contribution in [0.3, 0.4) is 0 Å². The van der Waals surface area contributed by atoms with E-state index in [0.717, 1.165) is 61.9 Å². The van der Waals surface area contributed by atoms with Crippen LogP contribution in [0.2, 0.25) is 0 Å². The van der Waals surface area contributed by atoms with Gasteiger partial charge >= 0.3 is 0 Å². The predicted molar refractivity (Wildman–Crippen MR) is 235 cm³/mol. The highest BCUT2D eigenvalue weighted by molar-refractivity contribution is 5.98. The molecule has 4 unspecified atom stereocenters. The Labute approximate surface area is 339 Å². The summed E-state index contributed by atoms with van der Waals surface area (Å²) in [5, 5.41) is 7.74. The second-order valence-electron chi connectivity index (χ2n) is 15.3. The summed E-state index contributed by atoms with van der Waals surface area (Å²) in [6, 6.07) is 62.5. The van der Waals surface area contributed by atoms with E-state index >= 15 is 0 Å². The number of hydrogen-bond donors (Lipinski definition) is 2. The average Bonchev–Trinajstić information content (AvgIpc) is 3.63. The molecule has 58 heavy (non-hydrogen) atoms. The summed E-state index contributed by atoms with van der Waals surface area (Å²) in [6.07, 6.45) is 10.8. The standard InChI is InChI=1S/C54H40N2O2/c1-4-14-35(15-5-1)41-29-31-51-46(33-41)53-52(44-22-12-13-23-49(44)58-53)45-32-40(28-30-50(45)57-51)36-24-26-37(27-25-36)42-20-10-11-21-43(42)54-55-47(38-16-6-2-7-17-38)34-48(56-54)39-18-8-3-9-19-39/h1-34,44,47,49,54-56H. The SMILES string of the molecule is C1=CC2OC3=C(c4cc(-c5ccc(-c6ccccc6C6NC(c7ccccc7)=CC(c7ccccc7)N6)cc5)ccc4Oc4ccc(-c5ccccc5)cc43)C2C=C1. The number of fused-ring (bicyclic) bond motifs is 6. The van der Waals surface area contributed by atoms with Crippen molar-refractivity contribution < 1.29 is 9.47 Å². The molecule has 1 aliphatic carbocycles. The van der Waals surface area contributed by atoms with Crippen molar-refractivity contribution in [2.45, 2.75) is 18.3 Å². The first-order valence-electron chi connectivity index (χ1n) is 20.1. The van der Waals surface area contributed by atoms with Gasteiger partial charge in [0.1, 0.15) is 29.5 Å². The summed E-state index contributed by atoms with van der Waals surface area (Å²) in [6.45, 7) is 0. The second-order valence-corrected chi connectivity index (χ2v) is 15.3. The van der Waals surface area contributed by atoms with Gasteiger partial charge in [0.15, 0.2) is 0 Å². The lowest BCUT2D eigenvalue weighted by Gasteiger charge is -2.34. The van der Waals surface area contributed by atoms with E-state index in [0.29, 0.717) is 0 Å². The molecule has 3 heterocycles. The monoisotopic (exact) mass is 748 g/mol. The third-order valence-electron chi connectivity index (χ3n) is 11.8. The second kappa shape index (κ2) is 14.4. The summed E-state index contributed by atoms with van der Waals surface area (Å²) in [7, 11) is 0. The lowest BCUT2D eigenvalue weighted by Crippen LogP contribution is -2.39. The van der Waals surface area contributed by atoms with Gasteiger partial charge in [0.05, 0.1) is 11.6 Å². The van der Waals surface area contributed by atoms with Gasteiger partial charge in [-0.3, -0.25) is 5.32 Å². The topological polar surface area (TPSA) is 42.5 Å². The van der Waals surface area contributed by atoms with Crippen molar-refractivity contribution in [3.63, 3.8) is 0 Å². The van der Waals surface area contributed by atoms with E-state index in [9.17, 15) is 0 Å². The highest BCUT2D eigenvalue weighted by Gasteiger charge is 2.40. The van der Waals surface area contributed by atoms with Gasteiger partial charge in [-0.05, 0) is 86.5 Å². The van der Waals surface area contributed by atoms with Crippen LogP contribution in [0.4, 0.5) is 0 Å². The zero-order chi connectivity index (χ0) is 38.4. The molecule has 7 aromatic rings. The lowest BCUT2D eigenvalue weighted by molar-refractivity contribution is 0.212. The molecule has 4 atom stereocenters. The Morgan fingerprint density at radius 2 is 1.05 bits per heavy atom. The highest BCUT2D eigenvalue weighted by atomic mass is 16.5. The summed E-state index contributed by atoms with van der Waals surface area (Å²) in [5.74, 6) is 2.62. The van der Waals surface area contributed by atoms with Crippen LogP contribution in [0.1, 0.15) is 40.0 Å². The highest BCUT2D eigenvalue weighted by Crippen LogP contribution is 2.53. The molecule has 0 amide bonds. The van der Waals surface area contributed by atoms with E-state index < -0.39 is 0 Å². The van der Waals surface area contributed by atoms with Gasteiger partial charge in [-0.2, -0.15) is 0 Å². The fourth-order valence-electron chi connectivity index (χ4n) is 8.87. The third-order valence-corrected chi connectivity index (χ3v) is 11.8. The van der Waals surface area contributed by atoms with Crippen LogP contribution >= 0.6 is 0 Å². The van der Waals surface area contributed by atoms with Gasteiger partial charge in [0, 0.05) is 22.8 Å². The van der Waals surface area contributed by atoms with Crippen molar-refractivity contribution in [1.29, 1.82) is 0 Å². The van der Waals surface area contributed by atoms with E-state index in [-0.39, 0.29) is 24.2 Å². The smallest absolute Gasteiger partial charge is 0.138 e. The van der Waals surface area contributed by atoms with Gasteiger partial charge < -0.3 is 14.8 Å². The number of nitrogens with one attached hydrogen (secondary N) is 2. The number of ether oxygens (including phenoxy) is 2. The van der Waals surface area contributed by atoms with Crippen LogP contribution in [0.5, 0.6) is 11.5 Å². The summed E-state index contributed by atoms with van der Waals surface area (Å²) in [4.78, 5) is 0. The minimum Gasteiger partial charge on any atom is -0.484 e. The first-order chi connectivity index (χ1) is 28.7. The van der Waals surface area contributed by atoms with Crippen molar-refractivity contribution in [2.24, 2.45) is 5.92 Å². The van der Waals surface area contributed by atoms with Crippen molar-refractivity contribution in [3.05, 3.63) is 234 Å². The third kappa shape index (κ3) is 6.15. The molecule has 0 saturated heterocycles. The molecule has 278 valence electrons. The maximum absolute atomic E-state index is 6.81. The minimum atomic E-state index is -0.109. The first-order valence-corrected chi connectivity index (χ1v) is 20.1. The maximum Gasteiger partial charge on any atom is 0.138 e. The first kappa shape index (κ1) is 34.1. The Bertz CT molecular complexity index is 2790. The number of hydrogen-bond acceptors (Lipinski definition) is 4. The zero-order valence-electron chi connectivity index (χ0n) is 31.8. The molecule has 2 N–H and O–H groups in total. The van der Waals surface area contributed by atoms with E-state index in [1.54, 1.807) is 0 Å². The molecular formula is C54H40N2O2. The summed E-state index contributed by atoms with van der Waals surface area (Å²) < 4.78 is 13.5. The Kier molecular flexibility index (Phi) is 8.49. The van der Waals surface area contributed by atoms with Crippen LogP contribution in [0.25, 0.3) is 50.4 Å². The molecule has 7 aromatic carbocycles. The molecule has 11 rings (SSSR count). The molecular weight excluding hydrogens is 709 g/mol. The molecule has 0 aromatic heterocycles. The Balaban J connectivity index is 0.941. The van der Waals surface area contributed by atoms with Crippen molar-refractivity contribution >= 4 is 17.0 Å². The number of allylic oxidation sites excluding steroid dienone is 2. The molecule has 3 aliphatic heterocycles. The minimum absolute atomic E-state index is 0.0466. The van der Waals surface area contributed by atoms with Crippen LogP contribution in [-0.4, -0.2) is 6.10 Å². The average molecular weight is 749 g/mol. The van der Waals surface area contributed by atoms with Crippen molar-refractivity contribution in [3.8, 4) is 44.9 Å². The summed E-state index contributed by atoms with van der Waals surface area (Å²) >= 11 is 0. The van der Waals surface area contributed by atoms with Crippen LogP contribution in [-0.2, 0) is 4.74 Å². The normalized spacial score (nSPS) is 20.0. The lowest BCUT2D eigenvalue weighted by atomic mass is 9.85. The number of benzene rings is 7. The molecule has 4 heteroatoms. The van der Waals surface area contributed by atoms with Crippen molar-refractivity contribution in [1.82, 2.24) is 10.6 Å². The van der Waals surface area contributed by atoms with E-state index in [1.807, 2.05) is 6.07 Å². The Morgan fingerprint density at radius 3 is 1.81 bits per heavy atom. The quantitative estimate of drug-likeness (QED) is 0.178. The van der Waals surface area contributed by atoms with Gasteiger partial charge in [-0.25, -0.2) is 0 Å². The van der Waals surface area contributed by atoms with Crippen LogP contribution < -0.4 is 15.4 Å². The molecule has 4 nitrogen and oxygen atoms in total. The summed E-state index contributed by atoms with van der Waals surface area (Å²) in [5.41, 5.74) is 14.8. The Hall–Kier alpha value is -7.14. The number of rotatable bonds is 6. The fraction of sp³-hybridized carbons (Fsp3) is 0.0741. The fourth-order valence-corrected chi connectivity index (χ4v) is 8.87. The van der Waals surface area contributed by atoms with Gasteiger partial charge in [0.25, 0.3) is 0 Å². The van der Waals surface area contributed by atoms with E-state index in [1.165, 1.54) is 27.8 Å². The van der Waals surface area contributed by atoms with Gasteiger partial charge in [-0.15, -0.1) is 0 Å². The molecule has 0 spiro atoms. The largest absolute Gasteiger partial charge is 0.484 e. The molecule has 0 fully saturated rings.